The first kappa shape index (κ1) is 18.8. The molecule has 0 spiro atoms. The molecule has 2 amide bonds. The van der Waals surface area contributed by atoms with Crippen molar-refractivity contribution >= 4 is 17.5 Å². The zero-order chi connectivity index (χ0) is 18.4. The number of Topliss-reactive ketones (excluding diaryl/α,β-unsaturated/α-hetero) is 1. The van der Waals surface area contributed by atoms with E-state index in [1.54, 1.807) is 24.3 Å². The zero-order valence-corrected chi connectivity index (χ0v) is 15.2. The van der Waals surface area contributed by atoms with Crippen LogP contribution < -0.4 is 10.6 Å². The topological polar surface area (TPSA) is 79.9 Å². The van der Waals surface area contributed by atoms with Crippen LogP contribution in [0.5, 0.6) is 0 Å². The van der Waals surface area contributed by atoms with E-state index in [0.717, 1.165) is 45.9 Å². The second kappa shape index (κ2) is 9.12. The van der Waals surface area contributed by atoms with Crippen molar-refractivity contribution in [2.24, 2.45) is 5.92 Å². The lowest BCUT2D eigenvalue weighted by atomic mass is 9.97. The van der Waals surface area contributed by atoms with Gasteiger partial charge in [0.15, 0.2) is 5.78 Å². The molecule has 2 heterocycles. The van der Waals surface area contributed by atoms with Crippen molar-refractivity contribution in [2.45, 2.75) is 19.4 Å². The monoisotopic (exact) mass is 361 g/mol. The fourth-order valence-corrected chi connectivity index (χ4v) is 3.52. The highest BCUT2D eigenvalue weighted by Gasteiger charge is 2.31. The Labute approximate surface area is 154 Å². The smallest absolute Gasteiger partial charge is 0.319 e. The van der Waals surface area contributed by atoms with Gasteiger partial charge in [-0.25, -0.2) is 4.79 Å². The van der Waals surface area contributed by atoms with E-state index >= 15 is 0 Å². The zero-order valence-electron chi connectivity index (χ0n) is 15.2. The highest BCUT2D eigenvalue weighted by Crippen LogP contribution is 2.22. The number of ether oxygens (including phenoxy) is 2. The molecular weight excluding hydrogens is 334 g/mol. The Morgan fingerprint density at radius 2 is 1.88 bits per heavy atom. The van der Waals surface area contributed by atoms with E-state index in [-0.39, 0.29) is 17.9 Å². The molecule has 2 fully saturated rings. The van der Waals surface area contributed by atoms with Crippen molar-refractivity contribution in [2.75, 3.05) is 51.4 Å². The van der Waals surface area contributed by atoms with Gasteiger partial charge in [-0.05, 0) is 37.6 Å². The molecule has 1 aromatic carbocycles. The predicted molar refractivity (Wildman–Crippen MR) is 98.6 cm³/mol. The largest absolute Gasteiger partial charge is 0.381 e. The standard InChI is InChI=1S/C19H27N3O4/c1-14(23)15-2-4-17(5-3-15)21-19(24)20-12-18(16-6-9-26-13-16)22-7-10-25-11-8-22/h2-5,16,18H,6-13H2,1H3,(H2,20,21,24)/t16-,18-/m0/s1. The number of carbonyl (C=O) groups excluding carboxylic acids is 2. The van der Waals surface area contributed by atoms with Gasteiger partial charge in [0.25, 0.3) is 0 Å². The number of morpholine rings is 1. The third kappa shape index (κ3) is 5.03. The Morgan fingerprint density at radius 1 is 1.15 bits per heavy atom. The molecule has 2 saturated heterocycles. The molecule has 0 radical (unpaired) electrons. The number of benzene rings is 1. The van der Waals surface area contributed by atoms with Crippen molar-refractivity contribution in [1.29, 1.82) is 0 Å². The van der Waals surface area contributed by atoms with Crippen LogP contribution in [-0.2, 0) is 9.47 Å². The summed E-state index contributed by atoms with van der Waals surface area (Å²) in [6.07, 6.45) is 1.03. The Hall–Kier alpha value is -1.96. The Kier molecular flexibility index (Phi) is 6.60. The van der Waals surface area contributed by atoms with Gasteiger partial charge in [-0.2, -0.15) is 0 Å². The summed E-state index contributed by atoms with van der Waals surface area (Å²) >= 11 is 0. The number of carbonyl (C=O) groups is 2. The number of ketones is 1. The lowest BCUT2D eigenvalue weighted by molar-refractivity contribution is 0.00222. The number of hydrogen-bond acceptors (Lipinski definition) is 5. The fourth-order valence-electron chi connectivity index (χ4n) is 3.52. The minimum Gasteiger partial charge on any atom is -0.381 e. The Bertz CT molecular complexity index is 608. The minimum absolute atomic E-state index is 0.00753. The summed E-state index contributed by atoms with van der Waals surface area (Å²) in [7, 11) is 0. The molecule has 0 aliphatic carbocycles. The number of rotatable bonds is 6. The third-order valence-corrected chi connectivity index (χ3v) is 5.04. The molecule has 142 valence electrons. The van der Waals surface area contributed by atoms with Gasteiger partial charge < -0.3 is 20.1 Å². The SMILES string of the molecule is CC(=O)c1ccc(NC(=O)NC[C@@H]([C@H]2CCOC2)N2CCOCC2)cc1. The lowest BCUT2D eigenvalue weighted by Crippen LogP contribution is -2.52. The Morgan fingerprint density at radius 3 is 2.50 bits per heavy atom. The van der Waals surface area contributed by atoms with E-state index in [2.05, 4.69) is 15.5 Å². The first-order valence-corrected chi connectivity index (χ1v) is 9.19. The maximum absolute atomic E-state index is 12.3. The molecule has 2 aliphatic rings. The number of amides is 2. The van der Waals surface area contributed by atoms with Crippen LogP contribution in [0.1, 0.15) is 23.7 Å². The van der Waals surface area contributed by atoms with Crippen LogP contribution in [0.25, 0.3) is 0 Å². The van der Waals surface area contributed by atoms with Gasteiger partial charge in [0.05, 0.1) is 19.8 Å². The van der Waals surface area contributed by atoms with Crippen LogP contribution >= 0.6 is 0 Å². The van der Waals surface area contributed by atoms with Gasteiger partial charge >= 0.3 is 6.03 Å². The van der Waals surface area contributed by atoms with Gasteiger partial charge in [-0.15, -0.1) is 0 Å². The molecule has 0 unspecified atom stereocenters. The second-order valence-electron chi connectivity index (χ2n) is 6.81. The average molecular weight is 361 g/mol. The summed E-state index contributed by atoms with van der Waals surface area (Å²) in [5.41, 5.74) is 1.30. The first-order chi connectivity index (χ1) is 12.6. The summed E-state index contributed by atoms with van der Waals surface area (Å²) < 4.78 is 11.0. The van der Waals surface area contributed by atoms with Crippen LogP contribution in [0, 0.1) is 5.92 Å². The van der Waals surface area contributed by atoms with Crippen molar-refractivity contribution in [3.63, 3.8) is 0 Å². The van der Waals surface area contributed by atoms with Crippen LogP contribution in [0.15, 0.2) is 24.3 Å². The van der Waals surface area contributed by atoms with Crippen LogP contribution in [0.2, 0.25) is 0 Å². The summed E-state index contributed by atoms with van der Waals surface area (Å²) in [5, 5.41) is 5.81. The minimum atomic E-state index is -0.238. The van der Waals surface area contributed by atoms with Gasteiger partial charge in [0.2, 0.25) is 0 Å². The lowest BCUT2D eigenvalue weighted by Gasteiger charge is -2.37. The molecule has 7 heteroatoms. The number of nitrogens with zero attached hydrogens (tertiary/aromatic N) is 1. The average Bonchev–Trinajstić information content (AvgIpc) is 3.17. The molecule has 0 saturated carbocycles. The molecule has 2 aliphatic heterocycles. The number of hydrogen-bond donors (Lipinski definition) is 2. The molecule has 7 nitrogen and oxygen atoms in total. The van der Waals surface area contributed by atoms with Gasteiger partial charge in [0, 0.05) is 49.5 Å². The number of urea groups is 1. The Balaban J connectivity index is 1.53. The van der Waals surface area contributed by atoms with Crippen molar-refractivity contribution in [1.82, 2.24) is 10.2 Å². The van der Waals surface area contributed by atoms with Crippen LogP contribution in [-0.4, -0.2) is 68.8 Å². The highest BCUT2D eigenvalue weighted by molar-refractivity contribution is 5.95. The normalized spacial score (nSPS) is 22.0. The predicted octanol–water partition coefficient (Wildman–Crippen LogP) is 1.75. The summed E-state index contributed by atoms with van der Waals surface area (Å²) in [4.78, 5) is 26.0. The fraction of sp³-hybridized carbons (Fsp3) is 0.579. The van der Waals surface area contributed by atoms with Gasteiger partial charge in [-0.1, -0.05) is 0 Å². The summed E-state index contributed by atoms with van der Waals surface area (Å²) in [6.45, 7) is 6.88. The molecular formula is C19H27N3O4. The maximum atomic E-state index is 12.3. The third-order valence-electron chi connectivity index (χ3n) is 5.04. The molecule has 3 rings (SSSR count). The van der Waals surface area contributed by atoms with E-state index in [4.69, 9.17) is 9.47 Å². The molecule has 0 bridgehead atoms. The molecule has 0 aromatic heterocycles. The molecule has 1 aromatic rings. The number of nitrogens with one attached hydrogen (secondary N) is 2. The van der Waals surface area contributed by atoms with Crippen molar-refractivity contribution in [3.8, 4) is 0 Å². The van der Waals surface area contributed by atoms with E-state index in [9.17, 15) is 9.59 Å². The maximum Gasteiger partial charge on any atom is 0.319 e. The quantitative estimate of drug-likeness (QED) is 0.755. The van der Waals surface area contributed by atoms with E-state index in [1.807, 2.05) is 0 Å². The molecule has 2 atom stereocenters. The second-order valence-corrected chi connectivity index (χ2v) is 6.81. The molecule has 26 heavy (non-hydrogen) atoms. The van der Waals surface area contributed by atoms with Crippen molar-refractivity contribution in [3.05, 3.63) is 29.8 Å². The highest BCUT2D eigenvalue weighted by atomic mass is 16.5. The van der Waals surface area contributed by atoms with E-state index < -0.39 is 0 Å². The van der Waals surface area contributed by atoms with E-state index in [0.29, 0.717) is 23.7 Å². The van der Waals surface area contributed by atoms with Crippen molar-refractivity contribution < 1.29 is 19.1 Å². The molecule has 2 N–H and O–H groups in total. The van der Waals surface area contributed by atoms with Gasteiger partial charge in [-0.3, -0.25) is 9.69 Å². The van der Waals surface area contributed by atoms with Gasteiger partial charge in [0.1, 0.15) is 0 Å². The van der Waals surface area contributed by atoms with E-state index in [1.165, 1.54) is 6.92 Å². The summed E-state index contributed by atoms with van der Waals surface area (Å²) in [5.74, 6) is 0.441. The first-order valence-electron chi connectivity index (χ1n) is 9.19. The number of anilines is 1. The summed E-state index contributed by atoms with van der Waals surface area (Å²) in [6, 6.07) is 6.92. The van der Waals surface area contributed by atoms with Crippen LogP contribution in [0.4, 0.5) is 10.5 Å². The van der Waals surface area contributed by atoms with Crippen LogP contribution in [0.3, 0.4) is 0 Å².